The van der Waals surface area contributed by atoms with Crippen LogP contribution in [0.1, 0.15) is 20.9 Å². The van der Waals surface area contributed by atoms with Gasteiger partial charge in [0.25, 0.3) is 5.91 Å². The average molecular weight is 275 g/mol. The number of hydrogen-bond acceptors (Lipinski definition) is 5. The summed E-state index contributed by atoms with van der Waals surface area (Å²) < 4.78 is 26.7. The van der Waals surface area contributed by atoms with E-state index >= 15 is 0 Å². The van der Waals surface area contributed by atoms with Gasteiger partial charge >= 0.3 is 5.97 Å². The first-order chi connectivity index (χ1) is 8.20. The molecule has 0 aliphatic rings. The van der Waals surface area contributed by atoms with Gasteiger partial charge in [-0.1, -0.05) is 0 Å². The van der Waals surface area contributed by atoms with Crippen molar-refractivity contribution in [3.63, 3.8) is 0 Å². The fraction of sp³-hybridized carbons (Fsp3) is 0.400. The van der Waals surface area contributed by atoms with Crippen molar-refractivity contribution >= 4 is 21.7 Å². The molecule has 0 saturated heterocycles. The number of furan rings is 1. The third-order valence-electron chi connectivity index (χ3n) is 2.20. The maximum atomic E-state index is 11.7. The number of carbonyl (C=O) groups excluding carboxylic acids is 1. The van der Waals surface area contributed by atoms with Crippen molar-refractivity contribution in [3.05, 3.63) is 23.7 Å². The molecule has 1 rings (SSSR count). The van der Waals surface area contributed by atoms with E-state index in [9.17, 15) is 18.0 Å². The van der Waals surface area contributed by atoms with Gasteiger partial charge in [-0.05, 0) is 0 Å². The van der Waals surface area contributed by atoms with E-state index in [2.05, 4.69) is 0 Å². The van der Waals surface area contributed by atoms with Crippen molar-refractivity contribution in [1.29, 1.82) is 0 Å². The molecule has 0 saturated carbocycles. The number of carbonyl (C=O) groups is 2. The zero-order valence-corrected chi connectivity index (χ0v) is 10.7. The van der Waals surface area contributed by atoms with E-state index in [-0.39, 0.29) is 23.6 Å². The molecular weight excluding hydrogens is 262 g/mol. The molecule has 1 aromatic rings. The highest BCUT2D eigenvalue weighted by molar-refractivity contribution is 7.90. The molecular formula is C10H13NO6S. The van der Waals surface area contributed by atoms with Gasteiger partial charge in [0.2, 0.25) is 0 Å². The highest BCUT2D eigenvalue weighted by Crippen LogP contribution is 2.10. The lowest BCUT2D eigenvalue weighted by Gasteiger charge is -2.14. The van der Waals surface area contributed by atoms with Gasteiger partial charge in [0, 0.05) is 25.9 Å². The number of hydrogen-bond donors (Lipinski definition) is 1. The van der Waals surface area contributed by atoms with Crippen LogP contribution < -0.4 is 0 Å². The first-order valence-corrected chi connectivity index (χ1v) is 7.02. The average Bonchev–Trinajstić information content (AvgIpc) is 2.73. The predicted molar refractivity (Wildman–Crippen MR) is 62.3 cm³/mol. The second-order valence-corrected chi connectivity index (χ2v) is 6.12. The number of carboxylic acids is 1. The largest absolute Gasteiger partial charge is 0.478 e. The Hall–Kier alpha value is -1.83. The van der Waals surface area contributed by atoms with Gasteiger partial charge in [0.15, 0.2) is 5.76 Å². The molecule has 0 radical (unpaired) electrons. The standard InChI is InChI=1S/C10H13NO6S/c1-11(3-4-18(2,15)16)9(12)8-5-7(6-17-8)10(13)14/h5-6H,3-4H2,1-2H3,(H,13,14). The van der Waals surface area contributed by atoms with Crippen molar-refractivity contribution < 1.29 is 27.5 Å². The fourth-order valence-corrected chi connectivity index (χ4v) is 1.76. The van der Waals surface area contributed by atoms with Crippen LogP contribution in [0.5, 0.6) is 0 Å². The van der Waals surface area contributed by atoms with Crippen molar-refractivity contribution in [2.45, 2.75) is 0 Å². The summed E-state index contributed by atoms with van der Waals surface area (Å²) in [6.45, 7) is 0.0147. The maximum absolute atomic E-state index is 11.7. The molecule has 0 bridgehead atoms. The molecule has 0 spiro atoms. The van der Waals surface area contributed by atoms with Gasteiger partial charge in [0.1, 0.15) is 16.1 Å². The van der Waals surface area contributed by atoms with E-state index in [0.29, 0.717) is 0 Å². The topological polar surface area (TPSA) is 105 Å². The fourth-order valence-electron chi connectivity index (χ4n) is 1.15. The molecule has 0 aromatic carbocycles. The van der Waals surface area contributed by atoms with Crippen LogP contribution >= 0.6 is 0 Å². The second kappa shape index (κ2) is 5.21. The van der Waals surface area contributed by atoms with E-state index in [1.807, 2.05) is 0 Å². The molecule has 7 nitrogen and oxygen atoms in total. The smallest absolute Gasteiger partial charge is 0.338 e. The van der Waals surface area contributed by atoms with Gasteiger partial charge in [-0.3, -0.25) is 4.79 Å². The SMILES string of the molecule is CN(CCS(C)(=O)=O)C(=O)c1cc(C(=O)O)co1. The molecule has 100 valence electrons. The van der Waals surface area contributed by atoms with Crippen LogP contribution in [0.3, 0.4) is 0 Å². The Bertz CT molecular complexity index is 559. The van der Waals surface area contributed by atoms with Crippen LogP contribution in [0.15, 0.2) is 16.7 Å². The molecule has 0 atom stereocenters. The number of amides is 1. The Labute approximate surface area is 104 Å². The summed E-state index contributed by atoms with van der Waals surface area (Å²) in [7, 11) is -1.75. The number of sulfone groups is 1. The first kappa shape index (κ1) is 14.2. The lowest BCUT2D eigenvalue weighted by molar-refractivity contribution is 0.0695. The van der Waals surface area contributed by atoms with Gasteiger partial charge in [-0.15, -0.1) is 0 Å². The summed E-state index contributed by atoms with van der Waals surface area (Å²) in [6, 6.07) is 1.10. The van der Waals surface area contributed by atoms with Crippen LogP contribution in [-0.2, 0) is 9.84 Å². The zero-order chi connectivity index (χ0) is 13.9. The van der Waals surface area contributed by atoms with E-state index in [4.69, 9.17) is 9.52 Å². The molecule has 0 fully saturated rings. The van der Waals surface area contributed by atoms with Crippen LogP contribution in [0.2, 0.25) is 0 Å². The molecule has 1 heterocycles. The second-order valence-electron chi connectivity index (χ2n) is 3.86. The number of carboxylic acid groups (broad SMARTS) is 1. The van der Waals surface area contributed by atoms with E-state index < -0.39 is 21.7 Å². The Morgan fingerprint density at radius 1 is 1.44 bits per heavy atom. The van der Waals surface area contributed by atoms with Crippen LogP contribution in [0.25, 0.3) is 0 Å². The van der Waals surface area contributed by atoms with Crippen molar-refractivity contribution in [1.82, 2.24) is 4.90 Å². The number of rotatable bonds is 5. The van der Waals surface area contributed by atoms with Gasteiger partial charge < -0.3 is 14.4 Å². The summed E-state index contributed by atoms with van der Waals surface area (Å²) in [4.78, 5) is 23.5. The minimum Gasteiger partial charge on any atom is -0.478 e. The minimum absolute atomic E-state index is 0.0147. The minimum atomic E-state index is -3.16. The molecule has 1 N–H and O–H groups in total. The third kappa shape index (κ3) is 3.88. The number of nitrogens with zero attached hydrogens (tertiary/aromatic N) is 1. The lowest BCUT2D eigenvalue weighted by Crippen LogP contribution is -2.31. The molecule has 1 amide bonds. The summed E-state index contributed by atoms with van der Waals surface area (Å²) in [5.74, 6) is -2.06. The normalized spacial score (nSPS) is 11.2. The monoisotopic (exact) mass is 275 g/mol. The van der Waals surface area contributed by atoms with Crippen LogP contribution in [0, 0.1) is 0 Å². The van der Waals surface area contributed by atoms with Crippen molar-refractivity contribution in [2.24, 2.45) is 0 Å². The van der Waals surface area contributed by atoms with Gasteiger partial charge in [-0.25, -0.2) is 13.2 Å². The lowest BCUT2D eigenvalue weighted by atomic mass is 10.3. The highest BCUT2D eigenvalue weighted by Gasteiger charge is 2.19. The summed E-state index contributed by atoms with van der Waals surface area (Å²) in [5.41, 5.74) is -0.130. The van der Waals surface area contributed by atoms with E-state index in [1.54, 1.807) is 0 Å². The first-order valence-electron chi connectivity index (χ1n) is 4.96. The summed E-state index contributed by atoms with van der Waals surface area (Å²) in [6.07, 6.45) is 2.03. The van der Waals surface area contributed by atoms with Crippen LogP contribution in [-0.4, -0.2) is 55.9 Å². The molecule has 8 heteroatoms. The molecule has 1 aromatic heterocycles. The maximum Gasteiger partial charge on any atom is 0.338 e. The van der Waals surface area contributed by atoms with Crippen LogP contribution in [0.4, 0.5) is 0 Å². The Morgan fingerprint density at radius 2 is 2.06 bits per heavy atom. The summed E-state index contributed by atoms with van der Waals surface area (Å²) in [5, 5.41) is 8.66. The van der Waals surface area contributed by atoms with Crippen molar-refractivity contribution in [3.8, 4) is 0 Å². The van der Waals surface area contributed by atoms with Gasteiger partial charge in [0.05, 0.1) is 11.3 Å². The Balaban J connectivity index is 2.71. The van der Waals surface area contributed by atoms with Gasteiger partial charge in [-0.2, -0.15) is 0 Å². The Kier molecular flexibility index (Phi) is 4.12. The zero-order valence-electron chi connectivity index (χ0n) is 9.91. The van der Waals surface area contributed by atoms with Crippen molar-refractivity contribution in [2.75, 3.05) is 25.6 Å². The molecule has 0 aliphatic heterocycles. The summed E-state index contributed by atoms with van der Waals surface area (Å²) >= 11 is 0. The van der Waals surface area contributed by atoms with E-state index in [1.165, 1.54) is 7.05 Å². The number of aromatic carboxylic acids is 1. The third-order valence-corrected chi connectivity index (χ3v) is 3.13. The highest BCUT2D eigenvalue weighted by atomic mass is 32.2. The predicted octanol–water partition coefficient (Wildman–Crippen LogP) is 0.0944. The molecule has 0 unspecified atom stereocenters. The Morgan fingerprint density at radius 3 is 2.50 bits per heavy atom. The van der Waals surface area contributed by atoms with E-state index in [0.717, 1.165) is 23.5 Å². The quantitative estimate of drug-likeness (QED) is 0.816. The molecule has 0 aliphatic carbocycles. The molecule has 18 heavy (non-hydrogen) atoms.